The number of carbonyl (C=O) groups is 1. The minimum Gasteiger partial charge on any atom is -0.451 e. The van der Waals surface area contributed by atoms with E-state index in [2.05, 4.69) is 5.32 Å². The molecule has 0 radical (unpaired) electrons. The third-order valence-electron chi connectivity index (χ3n) is 3.16. The highest BCUT2D eigenvalue weighted by Gasteiger charge is 2.14. The Morgan fingerprint density at radius 3 is 2.81 bits per heavy atom. The number of benzene rings is 2. The van der Waals surface area contributed by atoms with Gasteiger partial charge in [0.15, 0.2) is 5.76 Å². The number of aryl methyl sites for hydroxylation is 1. The van der Waals surface area contributed by atoms with E-state index in [0.717, 1.165) is 10.9 Å². The normalized spacial score (nSPS) is 10.8. The summed E-state index contributed by atoms with van der Waals surface area (Å²) in [6.07, 6.45) is 0. The highest BCUT2D eigenvalue weighted by atomic mass is 35.5. The maximum atomic E-state index is 12.2. The number of nitrogens with one attached hydrogen (secondary N) is 1. The van der Waals surface area contributed by atoms with Crippen molar-refractivity contribution in [3.63, 3.8) is 0 Å². The smallest absolute Gasteiger partial charge is 0.291 e. The summed E-state index contributed by atoms with van der Waals surface area (Å²) in [4.78, 5) is 12.2. The van der Waals surface area contributed by atoms with E-state index in [1.807, 2.05) is 25.1 Å². The summed E-state index contributed by atoms with van der Waals surface area (Å²) in [6.45, 7) is 1.98. The van der Waals surface area contributed by atoms with Crippen LogP contribution >= 0.6 is 11.6 Å². The van der Waals surface area contributed by atoms with Gasteiger partial charge >= 0.3 is 0 Å². The van der Waals surface area contributed by atoms with Crippen LogP contribution < -0.4 is 11.1 Å². The number of carbonyl (C=O) groups excluding carboxylic acids is 1. The molecule has 0 bridgehead atoms. The third-order valence-corrected chi connectivity index (χ3v) is 3.39. The van der Waals surface area contributed by atoms with Crippen molar-refractivity contribution in [3.05, 3.63) is 58.8 Å². The number of rotatable bonds is 2. The van der Waals surface area contributed by atoms with Crippen molar-refractivity contribution in [1.29, 1.82) is 0 Å². The van der Waals surface area contributed by atoms with Gasteiger partial charge in [0.2, 0.25) is 0 Å². The van der Waals surface area contributed by atoms with Gasteiger partial charge in [0, 0.05) is 10.4 Å². The zero-order valence-corrected chi connectivity index (χ0v) is 12.1. The van der Waals surface area contributed by atoms with Crippen LogP contribution in [0.15, 0.2) is 46.9 Å². The van der Waals surface area contributed by atoms with Crippen molar-refractivity contribution in [1.82, 2.24) is 0 Å². The molecule has 0 saturated heterocycles. The maximum absolute atomic E-state index is 12.2. The summed E-state index contributed by atoms with van der Waals surface area (Å²) in [5.74, 6) is -0.132. The van der Waals surface area contributed by atoms with Gasteiger partial charge in [0.05, 0.1) is 11.4 Å². The highest BCUT2D eigenvalue weighted by molar-refractivity contribution is 6.31. The molecule has 5 heteroatoms. The molecule has 3 N–H and O–H groups in total. The number of halogens is 1. The third kappa shape index (κ3) is 2.71. The number of furan rings is 1. The van der Waals surface area contributed by atoms with E-state index in [1.54, 1.807) is 24.3 Å². The van der Waals surface area contributed by atoms with E-state index in [1.165, 1.54) is 0 Å². The Morgan fingerprint density at radius 1 is 1.19 bits per heavy atom. The molecule has 0 aliphatic carbocycles. The summed E-state index contributed by atoms with van der Waals surface area (Å²) in [6, 6.07) is 12.3. The van der Waals surface area contributed by atoms with Crippen molar-refractivity contribution in [3.8, 4) is 0 Å². The molecule has 0 fully saturated rings. The quantitative estimate of drug-likeness (QED) is 0.696. The van der Waals surface area contributed by atoms with E-state index >= 15 is 0 Å². The average molecular weight is 301 g/mol. The Kier molecular flexibility index (Phi) is 3.31. The standard InChI is InChI=1S/C16H13ClN2O2/c1-9-2-5-14-10(6-9)7-15(21-14)16(20)19-13-8-11(17)3-4-12(13)18/h2-8H,18H2,1H3,(H,19,20). The van der Waals surface area contributed by atoms with Crippen LogP contribution in [0.2, 0.25) is 5.02 Å². The average Bonchev–Trinajstić information content (AvgIpc) is 2.86. The molecule has 21 heavy (non-hydrogen) atoms. The molecule has 0 aliphatic heterocycles. The van der Waals surface area contributed by atoms with Crippen LogP contribution in [0.25, 0.3) is 11.0 Å². The number of amides is 1. The lowest BCUT2D eigenvalue weighted by atomic mass is 10.2. The fraction of sp³-hybridized carbons (Fsp3) is 0.0625. The van der Waals surface area contributed by atoms with Crippen LogP contribution in [-0.2, 0) is 0 Å². The van der Waals surface area contributed by atoms with Crippen molar-refractivity contribution >= 4 is 39.9 Å². The summed E-state index contributed by atoms with van der Waals surface area (Å²) >= 11 is 5.90. The number of nitrogen functional groups attached to an aromatic ring is 1. The fourth-order valence-corrected chi connectivity index (χ4v) is 2.27. The molecule has 1 amide bonds. The summed E-state index contributed by atoms with van der Waals surface area (Å²) < 4.78 is 5.54. The van der Waals surface area contributed by atoms with Crippen molar-refractivity contribution in [2.45, 2.75) is 6.92 Å². The molecule has 2 aromatic carbocycles. The van der Waals surface area contributed by atoms with E-state index in [4.69, 9.17) is 21.8 Å². The van der Waals surface area contributed by atoms with Gasteiger partial charge in [-0.3, -0.25) is 4.79 Å². The number of fused-ring (bicyclic) bond motifs is 1. The first-order valence-corrected chi connectivity index (χ1v) is 6.77. The molecule has 0 spiro atoms. The molecular formula is C16H13ClN2O2. The summed E-state index contributed by atoms with van der Waals surface area (Å²) in [7, 11) is 0. The van der Waals surface area contributed by atoms with Gasteiger partial charge in [0.1, 0.15) is 5.58 Å². The van der Waals surface area contributed by atoms with E-state index in [0.29, 0.717) is 22.0 Å². The second-order valence-electron chi connectivity index (χ2n) is 4.84. The molecule has 106 valence electrons. The van der Waals surface area contributed by atoms with Crippen LogP contribution in [0.3, 0.4) is 0 Å². The van der Waals surface area contributed by atoms with E-state index in [-0.39, 0.29) is 11.7 Å². The predicted octanol–water partition coefficient (Wildman–Crippen LogP) is 4.23. The first-order chi connectivity index (χ1) is 10.0. The minimum atomic E-state index is -0.363. The maximum Gasteiger partial charge on any atom is 0.291 e. The van der Waals surface area contributed by atoms with Crippen molar-refractivity contribution in [2.75, 3.05) is 11.1 Å². The zero-order valence-electron chi connectivity index (χ0n) is 11.3. The van der Waals surface area contributed by atoms with Gasteiger partial charge in [-0.15, -0.1) is 0 Å². The molecule has 1 heterocycles. The van der Waals surface area contributed by atoms with Gasteiger partial charge in [-0.25, -0.2) is 0 Å². The van der Waals surface area contributed by atoms with Gasteiger partial charge < -0.3 is 15.5 Å². The first-order valence-electron chi connectivity index (χ1n) is 6.39. The highest BCUT2D eigenvalue weighted by Crippen LogP contribution is 2.25. The van der Waals surface area contributed by atoms with Crippen LogP contribution in [0.1, 0.15) is 16.1 Å². The molecule has 1 aromatic heterocycles. The number of anilines is 2. The molecule has 0 aliphatic rings. The van der Waals surface area contributed by atoms with Crippen LogP contribution in [0, 0.1) is 6.92 Å². The topological polar surface area (TPSA) is 68.3 Å². The second kappa shape index (κ2) is 5.14. The zero-order chi connectivity index (χ0) is 15.0. The Balaban J connectivity index is 1.91. The monoisotopic (exact) mass is 300 g/mol. The SMILES string of the molecule is Cc1ccc2oc(C(=O)Nc3cc(Cl)ccc3N)cc2c1. The molecule has 0 unspecified atom stereocenters. The Bertz CT molecular complexity index is 839. The van der Waals surface area contributed by atoms with Crippen LogP contribution in [-0.4, -0.2) is 5.91 Å². The predicted molar refractivity (Wildman–Crippen MR) is 84.8 cm³/mol. The van der Waals surface area contributed by atoms with Gasteiger partial charge in [-0.1, -0.05) is 23.2 Å². The van der Waals surface area contributed by atoms with Crippen molar-refractivity contribution < 1.29 is 9.21 Å². The van der Waals surface area contributed by atoms with E-state index in [9.17, 15) is 4.79 Å². The lowest BCUT2D eigenvalue weighted by molar-refractivity contribution is 0.0999. The van der Waals surface area contributed by atoms with E-state index < -0.39 is 0 Å². The largest absolute Gasteiger partial charge is 0.451 e. The number of hydrogen-bond acceptors (Lipinski definition) is 3. The lowest BCUT2D eigenvalue weighted by Crippen LogP contribution is -2.12. The summed E-state index contributed by atoms with van der Waals surface area (Å²) in [5, 5.41) is 4.09. The fourth-order valence-electron chi connectivity index (χ4n) is 2.10. The van der Waals surface area contributed by atoms with Gasteiger partial charge in [-0.2, -0.15) is 0 Å². The second-order valence-corrected chi connectivity index (χ2v) is 5.27. The lowest BCUT2D eigenvalue weighted by Gasteiger charge is -2.06. The van der Waals surface area contributed by atoms with Gasteiger partial charge in [-0.05, 0) is 43.3 Å². The van der Waals surface area contributed by atoms with Gasteiger partial charge in [0.25, 0.3) is 5.91 Å². The minimum absolute atomic E-state index is 0.231. The molecule has 3 aromatic rings. The number of hydrogen-bond donors (Lipinski definition) is 2. The van der Waals surface area contributed by atoms with Crippen LogP contribution in [0.5, 0.6) is 0 Å². The summed E-state index contributed by atoms with van der Waals surface area (Å²) in [5.41, 5.74) is 8.49. The molecular weight excluding hydrogens is 288 g/mol. The Labute approximate surface area is 126 Å². The Hall–Kier alpha value is -2.46. The molecule has 0 atom stereocenters. The first kappa shape index (κ1) is 13.5. The van der Waals surface area contributed by atoms with Crippen LogP contribution in [0.4, 0.5) is 11.4 Å². The molecule has 4 nitrogen and oxygen atoms in total. The molecule has 0 saturated carbocycles. The molecule has 3 rings (SSSR count). The number of nitrogens with two attached hydrogens (primary N) is 1. The van der Waals surface area contributed by atoms with Crippen molar-refractivity contribution in [2.24, 2.45) is 0 Å². The Morgan fingerprint density at radius 2 is 2.00 bits per heavy atom.